The van der Waals surface area contributed by atoms with Gasteiger partial charge in [-0.2, -0.15) is 5.26 Å². The molecular formula is C14H11ClN2O2. The lowest BCUT2D eigenvalue weighted by Gasteiger charge is -2.08. The van der Waals surface area contributed by atoms with Crippen molar-refractivity contribution < 1.29 is 9.47 Å². The van der Waals surface area contributed by atoms with Crippen molar-refractivity contribution in [3.05, 3.63) is 47.6 Å². The van der Waals surface area contributed by atoms with Crippen LogP contribution in [0, 0.1) is 11.3 Å². The molecule has 0 fully saturated rings. The molecule has 4 nitrogen and oxygen atoms in total. The summed E-state index contributed by atoms with van der Waals surface area (Å²) in [6, 6.07) is 12.3. The number of benzene rings is 1. The van der Waals surface area contributed by atoms with Crippen LogP contribution in [0.25, 0.3) is 0 Å². The summed E-state index contributed by atoms with van der Waals surface area (Å²) in [5, 5.41) is 9.21. The predicted octanol–water partition coefficient (Wildman–Crippen LogP) is 3.82. The molecule has 1 aromatic carbocycles. The van der Waals surface area contributed by atoms with E-state index in [2.05, 4.69) is 4.98 Å². The summed E-state index contributed by atoms with van der Waals surface area (Å²) in [6.07, 6.45) is 1.04. The average molecular weight is 275 g/mol. The van der Waals surface area contributed by atoms with Gasteiger partial charge in [-0.1, -0.05) is 11.6 Å². The predicted molar refractivity (Wildman–Crippen MR) is 71.5 cm³/mol. The lowest BCUT2D eigenvalue weighted by molar-refractivity contribution is 0.276. The van der Waals surface area contributed by atoms with Crippen LogP contribution in [0.2, 0.25) is 5.02 Å². The van der Waals surface area contributed by atoms with Crippen LogP contribution in [0.15, 0.2) is 42.6 Å². The number of hydrogen-bond donors (Lipinski definition) is 0. The highest BCUT2D eigenvalue weighted by Crippen LogP contribution is 2.23. The second-order valence-corrected chi connectivity index (χ2v) is 4.21. The van der Waals surface area contributed by atoms with Gasteiger partial charge >= 0.3 is 0 Å². The Kier molecular flexibility index (Phi) is 4.22. The number of hydrogen-bond acceptors (Lipinski definition) is 4. The molecule has 1 heterocycles. The normalized spacial score (nSPS) is 11.4. The zero-order chi connectivity index (χ0) is 13.7. The van der Waals surface area contributed by atoms with Crippen LogP contribution in [0.5, 0.6) is 17.4 Å². The maximum absolute atomic E-state index is 8.65. The smallest absolute Gasteiger partial charge is 0.219 e. The van der Waals surface area contributed by atoms with Crippen molar-refractivity contribution in [1.82, 2.24) is 4.98 Å². The molecule has 1 atom stereocenters. The molecule has 0 saturated carbocycles. The first-order chi connectivity index (χ1) is 9.17. The second-order valence-electron chi connectivity index (χ2n) is 3.78. The van der Waals surface area contributed by atoms with Crippen molar-refractivity contribution in [3.63, 3.8) is 0 Å². The Morgan fingerprint density at radius 1 is 1.16 bits per heavy atom. The molecule has 0 spiro atoms. The second kappa shape index (κ2) is 6.07. The zero-order valence-corrected chi connectivity index (χ0v) is 11.0. The van der Waals surface area contributed by atoms with Gasteiger partial charge in [-0.15, -0.1) is 0 Å². The lowest BCUT2D eigenvalue weighted by Crippen LogP contribution is -2.07. The third kappa shape index (κ3) is 3.87. The molecule has 5 heteroatoms. The van der Waals surface area contributed by atoms with Gasteiger partial charge in [0.05, 0.1) is 5.02 Å². The minimum Gasteiger partial charge on any atom is -0.476 e. The van der Waals surface area contributed by atoms with Gasteiger partial charge in [0, 0.05) is 12.3 Å². The zero-order valence-electron chi connectivity index (χ0n) is 10.2. The maximum Gasteiger partial charge on any atom is 0.219 e. The van der Waals surface area contributed by atoms with Crippen LogP contribution in [-0.2, 0) is 0 Å². The van der Waals surface area contributed by atoms with Crippen molar-refractivity contribution in [2.24, 2.45) is 0 Å². The maximum atomic E-state index is 8.65. The van der Waals surface area contributed by atoms with E-state index in [1.165, 1.54) is 6.20 Å². The average Bonchev–Trinajstić information content (AvgIpc) is 2.43. The van der Waals surface area contributed by atoms with E-state index >= 15 is 0 Å². The Labute approximate surface area is 116 Å². The van der Waals surface area contributed by atoms with E-state index in [0.717, 1.165) is 0 Å². The van der Waals surface area contributed by atoms with Gasteiger partial charge in [0.15, 0.2) is 6.10 Å². The molecule has 0 radical (unpaired) electrons. The third-order valence-corrected chi connectivity index (χ3v) is 2.46. The summed E-state index contributed by atoms with van der Waals surface area (Å²) in [7, 11) is 0. The first-order valence-electron chi connectivity index (χ1n) is 5.63. The molecule has 0 bridgehead atoms. The third-order valence-electron chi connectivity index (χ3n) is 2.24. The van der Waals surface area contributed by atoms with Gasteiger partial charge in [0.2, 0.25) is 5.88 Å². The van der Waals surface area contributed by atoms with Gasteiger partial charge in [-0.05, 0) is 37.3 Å². The molecule has 19 heavy (non-hydrogen) atoms. The first-order valence-corrected chi connectivity index (χ1v) is 6.01. The van der Waals surface area contributed by atoms with E-state index in [-0.39, 0.29) is 0 Å². The molecule has 0 aliphatic carbocycles. The fraction of sp³-hybridized carbons (Fsp3) is 0.143. The van der Waals surface area contributed by atoms with Gasteiger partial charge in [0.25, 0.3) is 0 Å². The number of nitrogens with zero attached hydrogens (tertiary/aromatic N) is 2. The number of pyridine rings is 1. The molecule has 0 aliphatic rings. The monoisotopic (exact) mass is 274 g/mol. The van der Waals surface area contributed by atoms with Crippen LogP contribution in [0.4, 0.5) is 0 Å². The summed E-state index contributed by atoms with van der Waals surface area (Å²) < 4.78 is 10.9. The fourth-order valence-corrected chi connectivity index (χ4v) is 1.47. The van der Waals surface area contributed by atoms with E-state index < -0.39 is 6.10 Å². The molecule has 2 rings (SSSR count). The quantitative estimate of drug-likeness (QED) is 0.850. The Morgan fingerprint density at radius 2 is 1.84 bits per heavy atom. The van der Waals surface area contributed by atoms with E-state index in [1.54, 1.807) is 43.3 Å². The van der Waals surface area contributed by atoms with E-state index in [4.69, 9.17) is 26.3 Å². The standard InChI is InChI=1S/C14H11ClN2O2/c1-10(8-16)18-12-3-5-13(6-4-12)19-14-7-2-11(15)9-17-14/h2-7,9-10H,1H3. The Morgan fingerprint density at radius 3 is 2.42 bits per heavy atom. The van der Waals surface area contributed by atoms with Crippen LogP contribution in [0.1, 0.15) is 6.92 Å². The lowest BCUT2D eigenvalue weighted by atomic mass is 10.3. The first kappa shape index (κ1) is 13.2. The van der Waals surface area contributed by atoms with Gasteiger partial charge in [-0.3, -0.25) is 0 Å². The summed E-state index contributed by atoms with van der Waals surface area (Å²) in [5.41, 5.74) is 0. The van der Waals surface area contributed by atoms with Crippen molar-refractivity contribution in [2.45, 2.75) is 13.0 Å². The SMILES string of the molecule is CC(C#N)Oc1ccc(Oc2ccc(Cl)cn2)cc1. The Balaban J connectivity index is 2.02. The molecule has 0 saturated heterocycles. The molecule has 96 valence electrons. The highest BCUT2D eigenvalue weighted by Gasteiger charge is 2.03. The molecule has 2 aromatic rings. The van der Waals surface area contributed by atoms with Crippen molar-refractivity contribution in [2.75, 3.05) is 0 Å². The number of aromatic nitrogens is 1. The number of halogens is 1. The summed E-state index contributed by atoms with van der Waals surface area (Å²) in [5.74, 6) is 1.71. The highest BCUT2D eigenvalue weighted by atomic mass is 35.5. The summed E-state index contributed by atoms with van der Waals surface area (Å²) in [6.45, 7) is 1.68. The molecule has 0 N–H and O–H groups in total. The fourth-order valence-electron chi connectivity index (χ4n) is 1.36. The molecule has 0 amide bonds. The molecule has 1 unspecified atom stereocenters. The number of rotatable bonds is 4. The molecule has 1 aromatic heterocycles. The number of ether oxygens (including phenoxy) is 2. The highest BCUT2D eigenvalue weighted by molar-refractivity contribution is 6.30. The van der Waals surface area contributed by atoms with E-state index in [0.29, 0.717) is 22.4 Å². The Bertz CT molecular complexity index is 576. The molecular weight excluding hydrogens is 264 g/mol. The minimum absolute atomic E-state index is 0.462. The van der Waals surface area contributed by atoms with Crippen molar-refractivity contribution in [3.8, 4) is 23.4 Å². The topological polar surface area (TPSA) is 55.1 Å². The van der Waals surface area contributed by atoms with Gasteiger partial charge in [-0.25, -0.2) is 4.98 Å². The summed E-state index contributed by atoms with van der Waals surface area (Å²) >= 11 is 5.74. The van der Waals surface area contributed by atoms with Crippen LogP contribution < -0.4 is 9.47 Å². The largest absolute Gasteiger partial charge is 0.476 e. The Hall–Kier alpha value is -2.25. The van der Waals surface area contributed by atoms with Gasteiger partial charge in [0.1, 0.15) is 17.6 Å². The minimum atomic E-state index is -0.482. The van der Waals surface area contributed by atoms with Gasteiger partial charge < -0.3 is 9.47 Å². The number of nitriles is 1. The molecule has 0 aliphatic heterocycles. The van der Waals surface area contributed by atoms with Crippen LogP contribution in [0.3, 0.4) is 0 Å². The summed E-state index contributed by atoms with van der Waals surface area (Å²) in [4.78, 5) is 4.03. The van der Waals surface area contributed by atoms with E-state index in [9.17, 15) is 0 Å². The van der Waals surface area contributed by atoms with Crippen molar-refractivity contribution in [1.29, 1.82) is 5.26 Å². The van der Waals surface area contributed by atoms with Crippen molar-refractivity contribution >= 4 is 11.6 Å². The van der Waals surface area contributed by atoms with Crippen LogP contribution in [-0.4, -0.2) is 11.1 Å². The van der Waals surface area contributed by atoms with Crippen LogP contribution >= 0.6 is 11.6 Å². The van der Waals surface area contributed by atoms with E-state index in [1.807, 2.05) is 6.07 Å².